The van der Waals surface area contributed by atoms with Crippen molar-refractivity contribution in [1.82, 2.24) is 5.32 Å². The molecule has 6 bridgehead atoms. The molecule has 3 aliphatic heterocycles. The Bertz CT molecular complexity index is 1400. The molecule has 3 saturated heterocycles. The molecule has 0 radical (unpaired) electrons. The van der Waals surface area contributed by atoms with Crippen LogP contribution in [0.3, 0.4) is 0 Å². The number of fused-ring (bicyclic) bond motifs is 3. The van der Waals surface area contributed by atoms with Crippen molar-refractivity contribution in [3.05, 3.63) is 23.5 Å². The number of allylic oxidation sites excluding steroid dienone is 4. The Labute approximate surface area is 295 Å². The number of ether oxygens (including phenoxy) is 2. The van der Waals surface area contributed by atoms with Gasteiger partial charge in [-0.1, -0.05) is 46.1 Å². The lowest BCUT2D eigenvalue weighted by Gasteiger charge is -2.58. The highest BCUT2D eigenvalue weighted by molar-refractivity contribution is 8.76. The summed E-state index contributed by atoms with van der Waals surface area (Å²) in [5, 5.41) is 64.4. The SMILES string of the molecule is CC1=C[C@H]2C(=O)C3CCCC4O[C@@H]5O[C@H](CO)[C@@H](O)[C@](O)(C[C@]67CCC[C@H]6CCC6C[NH2+]C(CC67)NCSSC[C@@]2(C(=O)C43)C(O)=C1)[C@H]5O. The van der Waals surface area contributed by atoms with Gasteiger partial charge in [-0.05, 0) is 75.2 Å². The minimum atomic E-state index is -2.03. The van der Waals surface area contributed by atoms with Crippen molar-refractivity contribution in [2.24, 2.45) is 46.3 Å². The molecule has 8 aliphatic rings. The molecule has 0 aromatic heterocycles. The zero-order valence-electron chi connectivity index (χ0n) is 28.2. The first-order chi connectivity index (χ1) is 23.5. The summed E-state index contributed by atoms with van der Waals surface area (Å²) in [6.07, 6.45) is 4.73. The van der Waals surface area contributed by atoms with E-state index in [1.165, 1.54) is 10.8 Å². The van der Waals surface area contributed by atoms with Gasteiger partial charge in [0, 0.05) is 24.0 Å². The van der Waals surface area contributed by atoms with Gasteiger partial charge in [-0.15, -0.1) is 0 Å². The molecule has 4 saturated carbocycles. The molecule has 15 atom stereocenters. The van der Waals surface area contributed by atoms with Gasteiger partial charge >= 0.3 is 0 Å². The molecule has 13 heteroatoms. The highest BCUT2D eigenvalue weighted by atomic mass is 33.1. The quantitative estimate of drug-likeness (QED) is 0.195. The van der Waals surface area contributed by atoms with E-state index in [9.17, 15) is 35.1 Å². The second-order valence-electron chi connectivity index (χ2n) is 16.5. The number of quaternary nitrogens is 1. The number of nitrogens with two attached hydrogens (primary N) is 1. The number of carbonyl (C=O) groups excluding carboxylic acids is 2. The lowest BCUT2D eigenvalue weighted by Crippen LogP contribution is -2.97. The summed E-state index contributed by atoms with van der Waals surface area (Å²) in [4.78, 5) is 29.2. The van der Waals surface area contributed by atoms with Crippen molar-refractivity contribution in [2.45, 2.75) is 114 Å². The molecule has 0 amide bonds. The van der Waals surface area contributed by atoms with Crippen LogP contribution >= 0.6 is 21.6 Å². The first-order valence-electron chi connectivity index (χ1n) is 18.5. The number of hydrogen-bond acceptors (Lipinski definition) is 12. The maximum Gasteiger partial charge on any atom is 0.187 e. The van der Waals surface area contributed by atoms with E-state index in [0.29, 0.717) is 42.9 Å². The third-order valence-electron chi connectivity index (χ3n) is 14.3. The molecule has 6 unspecified atom stereocenters. The molecular weight excluding hydrogens is 669 g/mol. The lowest BCUT2D eigenvalue weighted by molar-refractivity contribution is -0.713. The second kappa shape index (κ2) is 13.1. The maximum absolute atomic E-state index is 14.9. The Morgan fingerprint density at radius 3 is 2.71 bits per heavy atom. The molecule has 0 aromatic rings. The van der Waals surface area contributed by atoms with Crippen LogP contribution in [-0.2, 0) is 19.1 Å². The summed E-state index contributed by atoms with van der Waals surface area (Å²) in [7, 11) is 3.10. The average molecular weight is 722 g/mol. The smallest absolute Gasteiger partial charge is 0.187 e. The van der Waals surface area contributed by atoms with Crippen molar-refractivity contribution in [3.8, 4) is 0 Å². The van der Waals surface area contributed by atoms with Gasteiger partial charge in [0.15, 0.2) is 12.1 Å². The summed E-state index contributed by atoms with van der Waals surface area (Å²) in [6.45, 7) is 2.21. The van der Waals surface area contributed by atoms with Crippen LogP contribution in [0.2, 0.25) is 0 Å². The van der Waals surface area contributed by atoms with E-state index in [1.807, 2.05) is 13.0 Å². The number of nitrogens with one attached hydrogen (secondary N) is 1. The molecule has 7 fully saturated rings. The van der Waals surface area contributed by atoms with Crippen LogP contribution in [0.4, 0.5) is 0 Å². The molecular formula is C36H53N2O9S2+. The molecule has 11 nitrogen and oxygen atoms in total. The number of hydrogen-bond donors (Lipinski definition) is 7. The Hall–Kier alpha value is -1.00. The van der Waals surface area contributed by atoms with E-state index in [2.05, 4.69) is 10.6 Å². The van der Waals surface area contributed by atoms with Gasteiger partial charge in [0.1, 0.15) is 47.0 Å². The third kappa shape index (κ3) is 5.38. The Morgan fingerprint density at radius 2 is 1.90 bits per heavy atom. The minimum absolute atomic E-state index is 0.0821. The van der Waals surface area contributed by atoms with Crippen molar-refractivity contribution in [3.63, 3.8) is 0 Å². The van der Waals surface area contributed by atoms with Crippen LogP contribution in [0.25, 0.3) is 0 Å². The first-order valence-corrected chi connectivity index (χ1v) is 21.0. The molecule has 2 spiro atoms. The average Bonchev–Trinajstić information content (AvgIpc) is 3.51. The van der Waals surface area contributed by atoms with Gasteiger partial charge in [0.05, 0.1) is 37.0 Å². The maximum atomic E-state index is 14.9. The van der Waals surface area contributed by atoms with Gasteiger partial charge in [-0.25, -0.2) is 0 Å². The Kier molecular flexibility index (Phi) is 9.40. The van der Waals surface area contributed by atoms with Crippen molar-refractivity contribution in [1.29, 1.82) is 0 Å². The number of Topliss-reactive ketones (excluding diaryl/α,β-unsaturated/α-hetero) is 2. The number of rotatable bonds is 1. The Morgan fingerprint density at radius 1 is 1.06 bits per heavy atom. The predicted octanol–water partition coefficient (Wildman–Crippen LogP) is 1.55. The second-order valence-corrected chi connectivity index (χ2v) is 18.9. The predicted molar refractivity (Wildman–Crippen MR) is 183 cm³/mol. The monoisotopic (exact) mass is 721 g/mol. The van der Waals surface area contributed by atoms with Gasteiger partial charge in [0.2, 0.25) is 0 Å². The number of aliphatic hydroxyl groups excluding tert-OH is 4. The van der Waals surface area contributed by atoms with E-state index in [1.54, 1.807) is 16.9 Å². The number of carbonyl (C=O) groups is 2. The standard InChI is InChI=1S/C36H52N2O9S2/c1-18-10-23-29(41)21-5-2-6-24-28(21)31(43)35(23,26(40)11-18)16-48-49-17-38-27-12-22-19(13-37-27)7-8-20-4-3-9-34(20,22)15-36(45)30(42)25(14-39)47-33(46-24)32(36)44/h10-11,19-25,27-28,30,32-33,37-40,42,44-45H,2-9,12-17H2,1H3/p+1/t19?,20-,21?,22?,23-,24?,25+,27?,28?,30+,32-,33+,34+,35-,36+/m0/s1. The fraction of sp³-hybridized carbons (Fsp3) is 0.833. The molecule has 3 heterocycles. The normalized spacial score (nSPS) is 51.8. The molecule has 0 aromatic carbocycles. The molecule has 272 valence electrons. The van der Waals surface area contributed by atoms with Gasteiger partial charge < -0.3 is 40.3 Å². The fourth-order valence-electron chi connectivity index (χ4n) is 12.0. The van der Waals surface area contributed by atoms with Crippen molar-refractivity contribution in [2.75, 3.05) is 24.8 Å². The topological polar surface area (TPSA) is 182 Å². The summed E-state index contributed by atoms with van der Waals surface area (Å²) in [6, 6.07) is 0. The summed E-state index contributed by atoms with van der Waals surface area (Å²) in [5.74, 6) is -0.715. The zero-order chi connectivity index (χ0) is 34.3. The number of aliphatic hydroxyl groups is 5. The minimum Gasteiger partial charge on any atom is -0.511 e. The van der Waals surface area contributed by atoms with Crippen LogP contribution in [0.1, 0.15) is 71.1 Å². The van der Waals surface area contributed by atoms with E-state index in [4.69, 9.17) is 9.47 Å². The first kappa shape index (κ1) is 35.1. The molecule has 8 N–H and O–H groups in total. The largest absolute Gasteiger partial charge is 0.511 e. The molecule has 5 aliphatic carbocycles. The van der Waals surface area contributed by atoms with Gasteiger partial charge in [0.25, 0.3) is 0 Å². The highest BCUT2D eigenvalue weighted by Crippen LogP contribution is 2.63. The van der Waals surface area contributed by atoms with Crippen LogP contribution in [0.5, 0.6) is 0 Å². The van der Waals surface area contributed by atoms with Crippen LogP contribution in [0.15, 0.2) is 23.5 Å². The zero-order valence-corrected chi connectivity index (χ0v) is 29.9. The van der Waals surface area contributed by atoms with E-state index in [0.717, 1.165) is 50.6 Å². The third-order valence-corrected chi connectivity index (χ3v) is 16.5. The van der Waals surface area contributed by atoms with E-state index < -0.39 is 66.1 Å². The van der Waals surface area contributed by atoms with E-state index >= 15 is 0 Å². The van der Waals surface area contributed by atoms with Crippen molar-refractivity contribution >= 4 is 33.2 Å². The van der Waals surface area contributed by atoms with Gasteiger partial charge in [-0.2, -0.15) is 0 Å². The van der Waals surface area contributed by atoms with Crippen molar-refractivity contribution < 1.29 is 49.9 Å². The lowest BCUT2D eigenvalue weighted by atomic mass is 9.51. The highest BCUT2D eigenvalue weighted by Gasteiger charge is 2.66. The Balaban J connectivity index is 1.20. The molecule has 49 heavy (non-hydrogen) atoms. The summed E-state index contributed by atoms with van der Waals surface area (Å²) >= 11 is 0. The van der Waals surface area contributed by atoms with Crippen LogP contribution in [0, 0.1) is 46.3 Å². The van der Waals surface area contributed by atoms with Crippen LogP contribution < -0.4 is 10.6 Å². The fourth-order valence-corrected chi connectivity index (χ4v) is 14.3. The van der Waals surface area contributed by atoms with E-state index in [-0.39, 0.29) is 41.1 Å². The summed E-state index contributed by atoms with van der Waals surface area (Å²) in [5.41, 5.74) is -3.00. The number of ketones is 2. The molecule has 8 rings (SSSR count). The summed E-state index contributed by atoms with van der Waals surface area (Å²) < 4.78 is 12.6. The van der Waals surface area contributed by atoms with Gasteiger partial charge in [-0.3, -0.25) is 14.9 Å². The van der Waals surface area contributed by atoms with Crippen LogP contribution in [-0.4, -0.2) is 104 Å². The number of piperidine rings is 1.